The summed E-state index contributed by atoms with van der Waals surface area (Å²) in [6.07, 6.45) is 2.17. The highest BCUT2D eigenvalue weighted by Crippen LogP contribution is 2.18. The first-order chi connectivity index (χ1) is 11.0. The molecule has 2 rings (SSSR count). The molecule has 126 valence electrons. The lowest BCUT2D eigenvalue weighted by Gasteiger charge is -2.17. The summed E-state index contributed by atoms with van der Waals surface area (Å²) in [5, 5.41) is 2.96. The molecule has 0 aromatic heterocycles. The van der Waals surface area contributed by atoms with E-state index in [0.29, 0.717) is 32.0 Å². The van der Waals surface area contributed by atoms with E-state index in [1.165, 1.54) is 11.1 Å². The monoisotopic (exact) mass is 316 g/mol. The third kappa shape index (κ3) is 5.38. The lowest BCUT2D eigenvalue weighted by atomic mass is 10.1. The van der Waals surface area contributed by atoms with Crippen molar-refractivity contribution in [2.75, 3.05) is 19.6 Å². The number of aryl methyl sites for hydroxylation is 1. The van der Waals surface area contributed by atoms with E-state index in [-0.39, 0.29) is 17.7 Å². The van der Waals surface area contributed by atoms with Crippen LogP contribution in [-0.4, -0.2) is 36.3 Å². The number of carbonyl (C=O) groups is 2. The smallest absolute Gasteiger partial charge is 0.225 e. The number of hydrogen-bond acceptors (Lipinski definition) is 2. The number of likely N-dealkylation sites (tertiary alicyclic amines) is 1. The zero-order valence-electron chi connectivity index (χ0n) is 14.5. The van der Waals surface area contributed by atoms with E-state index in [4.69, 9.17) is 0 Å². The van der Waals surface area contributed by atoms with Crippen LogP contribution < -0.4 is 5.32 Å². The zero-order chi connectivity index (χ0) is 16.8. The van der Waals surface area contributed by atoms with E-state index < -0.39 is 0 Å². The molecular formula is C19H28N2O2. The van der Waals surface area contributed by atoms with E-state index in [1.807, 2.05) is 4.90 Å². The maximum absolute atomic E-state index is 12.1. The van der Waals surface area contributed by atoms with Gasteiger partial charge in [0.15, 0.2) is 0 Å². The van der Waals surface area contributed by atoms with Gasteiger partial charge in [-0.05, 0) is 31.2 Å². The van der Waals surface area contributed by atoms with Gasteiger partial charge in [-0.25, -0.2) is 0 Å². The van der Waals surface area contributed by atoms with Crippen molar-refractivity contribution >= 4 is 11.8 Å². The van der Waals surface area contributed by atoms with Gasteiger partial charge in [-0.1, -0.05) is 43.7 Å². The fourth-order valence-electron chi connectivity index (χ4n) is 2.81. The van der Waals surface area contributed by atoms with Crippen molar-refractivity contribution in [2.24, 2.45) is 11.8 Å². The Kier molecular flexibility index (Phi) is 6.20. The number of benzene rings is 1. The molecule has 1 heterocycles. The molecule has 0 unspecified atom stereocenters. The SMILES string of the molecule is Cc1ccc(CCN2C[C@@H](C(=O)NCCC(C)C)CC2=O)cc1. The molecule has 0 radical (unpaired) electrons. The van der Waals surface area contributed by atoms with Crippen molar-refractivity contribution in [3.63, 3.8) is 0 Å². The standard InChI is InChI=1S/C19H28N2O2/c1-14(2)8-10-20-19(23)17-12-18(22)21(13-17)11-9-16-6-4-15(3)5-7-16/h4-7,14,17H,8-13H2,1-3H3,(H,20,23)/t17-/m0/s1. The van der Waals surface area contributed by atoms with E-state index in [0.717, 1.165) is 12.8 Å². The Labute approximate surface area is 139 Å². The number of rotatable bonds is 7. The predicted octanol–water partition coefficient (Wildman–Crippen LogP) is 2.55. The van der Waals surface area contributed by atoms with Gasteiger partial charge >= 0.3 is 0 Å². The molecule has 1 saturated heterocycles. The summed E-state index contributed by atoms with van der Waals surface area (Å²) in [5.74, 6) is 0.511. The summed E-state index contributed by atoms with van der Waals surface area (Å²) in [5.41, 5.74) is 2.47. The lowest BCUT2D eigenvalue weighted by Crippen LogP contribution is -2.34. The number of amides is 2. The van der Waals surface area contributed by atoms with Gasteiger partial charge in [0.2, 0.25) is 11.8 Å². The molecule has 1 aromatic carbocycles. The highest BCUT2D eigenvalue weighted by atomic mass is 16.2. The maximum Gasteiger partial charge on any atom is 0.225 e. The van der Waals surface area contributed by atoms with E-state index in [9.17, 15) is 9.59 Å². The lowest BCUT2D eigenvalue weighted by molar-refractivity contribution is -0.129. The van der Waals surface area contributed by atoms with Crippen LogP contribution in [0.4, 0.5) is 0 Å². The first kappa shape index (κ1) is 17.5. The molecule has 1 fully saturated rings. The van der Waals surface area contributed by atoms with Crippen molar-refractivity contribution in [3.05, 3.63) is 35.4 Å². The average molecular weight is 316 g/mol. The largest absolute Gasteiger partial charge is 0.356 e. The average Bonchev–Trinajstić information content (AvgIpc) is 2.87. The minimum Gasteiger partial charge on any atom is -0.356 e. The van der Waals surface area contributed by atoms with Crippen LogP contribution >= 0.6 is 0 Å². The molecule has 2 amide bonds. The summed E-state index contributed by atoms with van der Waals surface area (Å²) in [6.45, 7) is 8.28. The van der Waals surface area contributed by atoms with Gasteiger partial charge < -0.3 is 10.2 Å². The fourth-order valence-corrected chi connectivity index (χ4v) is 2.81. The molecule has 1 aromatic rings. The van der Waals surface area contributed by atoms with Gasteiger partial charge in [-0.2, -0.15) is 0 Å². The van der Waals surface area contributed by atoms with Gasteiger partial charge in [0.25, 0.3) is 0 Å². The number of nitrogens with one attached hydrogen (secondary N) is 1. The Balaban J connectivity index is 1.78. The van der Waals surface area contributed by atoms with Crippen LogP contribution in [0.15, 0.2) is 24.3 Å². The molecular weight excluding hydrogens is 288 g/mol. The van der Waals surface area contributed by atoms with E-state index >= 15 is 0 Å². The van der Waals surface area contributed by atoms with Crippen molar-refractivity contribution in [3.8, 4) is 0 Å². The molecule has 1 aliphatic heterocycles. The summed E-state index contributed by atoms with van der Waals surface area (Å²) in [6, 6.07) is 8.39. The van der Waals surface area contributed by atoms with Crippen LogP contribution in [0.2, 0.25) is 0 Å². The summed E-state index contributed by atoms with van der Waals surface area (Å²) in [7, 11) is 0. The van der Waals surface area contributed by atoms with Gasteiger partial charge in [-0.3, -0.25) is 9.59 Å². The van der Waals surface area contributed by atoms with Crippen molar-refractivity contribution in [1.29, 1.82) is 0 Å². The van der Waals surface area contributed by atoms with Crippen molar-refractivity contribution < 1.29 is 9.59 Å². The third-order valence-electron chi connectivity index (χ3n) is 4.40. The number of nitrogens with zero attached hydrogens (tertiary/aromatic N) is 1. The Morgan fingerprint density at radius 2 is 2.00 bits per heavy atom. The van der Waals surface area contributed by atoms with Gasteiger partial charge in [0.05, 0.1) is 5.92 Å². The quantitative estimate of drug-likeness (QED) is 0.840. The van der Waals surface area contributed by atoms with Crippen LogP contribution in [0.5, 0.6) is 0 Å². The second-order valence-corrected chi connectivity index (χ2v) is 6.95. The molecule has 23 heavy (non-hydrogen) atoms. The van der Waals surface area contributed by atoms with E-state index in [1.54, 1.807) is 0 Å². The first-order valence-electron chi connectivity index (χ1n) is 8.56. The fraction of sp³-hybridized carbons (Fsp3) is 0.579. The highest BCUT2D eigenvalue weighted by Gasteiger charge is 2.33. The van der Waals surface area contributed by atoms with Gasteiger partial charge in [-0.15, -0.1) is 0 Å². The summed E-state index contributed by atoms with van der Waals surface area (Å²) in [4.78, 5) is 26.1. The molecule has 0 spiro atoms. The second kappa shape index (κ2) is 8.14. The van der Waals surface area contributed by atoms with Gasteiger partial charge in [0.1, 0.15) is 0 Å². The van der Waals surface area contributed by atoms with Crippen LogP contribution in [-0.2, 0) is 16.0 Å². The Hall–Kier alpha value is -1.84. The Morgan fingerprint density at radius 1 is 1.30 bits per heavy atom. The van der Waals surface area contributed by atoms with Crippen molar-refractivity contribution in [1.82, 2.24) is 10.2 Å². The first-order valence-corrected chi connectivity index (χ1v) is 8.56. The van der Waals surface area contributed by atoms with Crippen LogP contribution in [0.25, 0.3) is 0 Å². The second-order valence-electron chi connectivity index (χ2n) is 6.95. The topological polar surface area (TPSA) is 49.4 Å². The normalized spacial score (nSPS) is 17.8. The van der Waals surface area contributed by atoms with Crippen LogP contribution in [0.1, 0.15) is 37.8 Å². The molecule has 1 aliphatic rings. The molecule has 4 nitrogen and oxygen atoms in total. The molecule has 0 bridgehead atoms. The van der Waals surface area contributed by atoms with E-state index in [2.05, 4.69) is 50.4 Å². The minimum atomic E-state index is -0.187. The number of carbonyl (C=O) groups excluding carboxylic acids is 2. The Bertz CT molecular complexity index is 537. The predicted molar refractivity (Wildman–Crippen MR) is 92.0 cm³/mol. The summed E-state index contributed by atoms with van der Waals surface area (Å²) >= 11 is 0. The van der Waals surface area contributed by atoms with Crippen molar-refractivity contribution in [2.45, 2.75) is 40.0 Å². The molecule has 0 saturated carbocycles. The minimum absolute atomic E-state index is 0.0248. The zero-order valence-corrected chi connectivity index (χ0v) is 14.5. The number of hydrogen-bond donors (Lipinski definition) is 1. The molecule has 1 N–H and O–H groups in total. The third-order valence-corrected chi connectivity index (χ3v) is 4.40. The molecule has 0 aliphatic carbocycles. The molecule has 4 heteroatoms. The van der Waals surface area contributed by atoms with Crippen LogP contribution in [0.3, 0.4) is 0 Å². The Morgan fingerprint density at radius 3 is 2.65 bits per heavy atom. The molecule has 1 atom stereocenters. The summed E-state index contributed by atoms with van der Waals surface area (Å²) < 4.78 is 0. The maximum atomic E-state index is 12.1. The van der Waals surface area contributed by atoms with Crippen LogP contribution in [0, 0.1) is 18.8 Å². The highest BCUT2D eigenvalue weighted by molar-refractivity contribution is 5.89. The van der Waals surface area contributed by atoms with Gasteiger partial charge in [0, 0.05) is 26.1 Å².